The van der Waals surface area contributed by atoms with E-state index in [9.17, 15) is 4.39 Å². The van der Waals surface area contributed by atoms with E-state index in [1.807, 2.05) is 19.1 Å². The van der Waals surface area contributed by atoms with Gasteiger partial charge in [0.2, 0.25) is 0 Å². The van der Waals surface area contributed by atoms with Gasteiger partial charge in [-0.1, -0.05) is 6.07 Å². The monoisotopic (exact) mass is 230 g/mol. The second kappa shape index (κ2) is 4.71. The van der Waals surface area contributed by atoms with Crippen molar-refractivity contribution in [2.24, 2.45) is 0 Å². The first-order valence-corrected chi connectivity index (χ1v) is 5.21. The van der Waals surface area contributed by atoms with Crippen molar-refractivity contribution in [3.8, 4) is 6.07 Å². The quantitative estimate of drug-likeness (QED) is 0.878. The average molecular weight is 230 g/mol. The lowest BCUT2D eigenvalue weighted by atomic mass is 10.1. The van der Waals surface area contributed by atoms with E-state index in [2.05, 4.69) is 5.32 Å². The Morgan fingerprint density at radius 2 is 2.18 bits per heavy atom. The molecule has 0 saturated heterocycles. The van der Waals surface area contributed by atoms with Crippen LogP contribution in [-0.4, -0.2) is 0 Å². The molecule has 1 aromatic heterocycles. The molecule has 0 aliphatic rings. The molecule has 0 aliphatic heterocycles. The SMILES string of the molecule is CC(Nc1cccc(F)c1C#N)c1ccco1. The van der Waals surface area contributed by atoms with Crippen molar-refractivity contribution in [1.82, 2.24) is 0 Å². The molecule has 1 aromatic carbocycles. The Labute approximate surface area is 98.5 Å². The number of furan rings is 1. The van der Waals surface area contributed by atoms with Crippen LogP contribution in [0.1, 0.15) is 24.3 Å². The van der Waals surface area contributed by atoms with Crippen LogP contribution in [0.25, 0.3) is 0 Å². The van der Waals surface area contributed by atoms with Gasteiger partial charge < -0.3 is 9.73 Å². The molecule has 1 N–H and O–H groups in total. The number of anilines is 1. The van der Waals surface area contributed by atoms with E-state index in [0.717, 1.165) is 5.76 Å². The number of benzene rings is 1. The molecule has 4 heteroatoms. The maximum atomic E-state index is 13.4. The van der Waals surface area contributed by atoms with Gasteiger partial charge in [-0.25, -0.2) is 4.39 Å². The Morgan fingerprint density at radius 3 is 2.82 bits per heavy atom. The molecule has 1 heterocycles. The number of hydrogen-bond acceptors (Lipinski definition) is 3. The van der Waals surface area contributed by atoms with Gasteiger partial charge in [-0.2, -0.15) is 5.26 Å². The van der Waals surface area contributed by atoms with Gasteiger partial charge in [0.25, 0.3) is 0 Å². The summed E-state index contributed by atoms with van der Waals surface area (Å²) in [5, 5.41) is 11.9. The second-order valence-corrected chi connectivity index (χ2v) is 3.66. The van der Waals surface area contributed by atoms with Gasteiger partial charge in [-0.05, 0) is 31.2 Å². The lowest BCUT2D eigenvalue weighted by Gasteiger charge is -2.14. The number of rotatable bonds is 3. The number of nitrogens with zero attached hydrogens (tertiary/aromatic N) is 1. The first-order chi connectivity index (χ1) is 8.22. The van der Waals surface area contributed by atoms with Gasteiger partial charge in [-0.15, -0.1) is 0 Å². The summed E-state index contributed by atoms with van der Waals surface area (Å²) in [5.74, 6) is 0.210. The zero-order valence-corrected chi connectivity index (χ0v) is 9.27. The summed E-state index contributed by atoms with van der Waals surface area (Å²) in [6, 6.07) is 9.82. The molecule has 1 atom stereocenters. The molecule has 0 spiro atoms. The first-order valence-electron chi connectivity index (χ1n) is 5.21. The van der Waals surface area contributed by atoms with Crippen LogP contribution < -0.4 is 5.32 Å². The van der Waals surface area contributed by atoms with Gasteiger partial charge >= 0.3 is 0 Å². The lowest BCUT2D eigenvalue weighted by Crippen LogP contribution is -2.07. The van der Waals surface area contributed by atoms with Crippen molar-refractivity contribution in [3.05, 3.63) is 53.7 Å². The van der Waals surface area contributed by atoms with E-state index in [1.54, 1.807) is 24.5 Å². The lowest BCUT2D eigenvalue weighted by molar-refractivity contribution is 0.490. The van der Waals surface area contributed by atoms with Crippen molar-refractivity contribution in [3.63, 3.8) is 0 Å². The van der Waals surface area contributed by atoms with E-state index in [4.69, 9.17) is 9.68 Å². The van der Waals surface area contributed by atoms with Crippen LogP contribution in [-0.2, 0) is 0 Å². The Morgan fingerprint density at radius 1 is 1.35 bits per heavy atom. The highest BCUT2D eigenvalue weighted by Crippen LogP contribution is 2.23. The largest absolute Gasteiger partial charge is 0.467 e. The van der Waals surface area contributed by atoms with Crippen LogP contribution in [0.2, 0.25) is 0 Å². The van der Waals surface area contributed by atoms with Gasteiger partial charge in [0.05, 0.1) is 18.0 Å². The third-order valence-corrected chi connectivity index (χ3v) is 2.47. The second-order valence-electron chi connectivity index (χ2n) is 3.66. The molecule has 17 heavy (non-hydrogen) atoms. The molecular weight excluding hydrogens is 219 g/mol. The predicted molar refractivity (Wildman–Crippen MR) is 61.9 cm³/mol. The Hall–Kier alpha value is -2.28. The Bertz CT molecular complexity index is 543. The van der Waals surface area contributed by atoms with E-state index < -0.39 is 5.82 Å². The number of nitrogens with one attached hydrogen (secondary N) is 1. The topological polar surface area (TPSA) is 49.0 Å². The highest BCUT2D eigenvalue weighted by Gasteiger charge is 2.12. The molecule has 2 rings (SSSR count). The van der Waals surface area contributed by atoms with E-state index in [0.29, 0.717) is 5.69 Å². The van der Waals surface area contributed by atoms with Crippen LogP contribution in [0.15, 0.2) is 41.0 Å². The molecule has 3 nitrogen and oxygen atoms in total. The van der Waals surface area contributed by atoms with Crippen molar-refractivity contribution >= 4 is 5.69 Å². The standard InChI is InChI=1S/C13H11FN2O/c1-9(13-6-3-7-17-13)16-12-5-2-4-11(14)10(12)8-15/h2-7,9,16H,1H3. The van der Waals surface area contributed by atoms with Gasteiger partial charge in [0.1, 0.15) is 23.2 Å². The average Bonchev–Trinajstić information content (AvgIpc) is 2.82. The molecule has 1 unspecified atom stereocenters. The van der Waals surface area contributed by atoms with Crippen molar-refractivity contribution in [1.29, 1.82) is 5.26 Å². The molecule has 0 fully saturated rings. The number of hydrogen-bond donors (Lipinski definition) is 1. The Kier molecular flexibility index (Phi) is 3.10. The molecule has 86 valence electrons. The third kappa shape index (κ3) is 2.28. The molecule has 0 aliphatic carbocycles. The minimum absolute atomic E-state index is 0.0194. The Balaban J connectivity index is 2.25. The van der Waals surface area contributed by atoms with Gasteiger partial charge in [-0.3, -0.25) is 0 Å². The number of halogens is 1. The summed E-state index contributed by atoms with van der Waals surface area (Å²) in [4.78, 5) is 0. The summed E-state index contributed by atoms with van der Waals surface area (Å²) < 4.78 is 18.6. The molecule has 2 aromatic rings. The summed E-state index contributed by atoms with van der Waals surface area (Å²) in [6.07, 6.45) is 1.57. The summed E-state index contributed by atoms with van der Waals surface area (Å²) in [7, 11) is 0. The smallest absolute Gasteiger partial charge is 0.143 e. The zero-order valence-electron chi connectivity index (χ0n) is 9.27. The minimum Gasteiger partial charge on any atom is -0.467 e. The van der Waals surface area contributed by atoms with Gasteiger partial charge in [0, 0.05) is 0 Å². The van der Waals surface area contributed by atoms with Crippen molar-refractivity contribution < 1.29 is 8.81 Å². The molecule has 0 amide bonds. The fourth-order valence-electron chi connectivity index (χ4n) is 1.60. The molecule has 0 saturated carbocycles. The molecule has 0 radical (unpaired) electrons. The maximum Gasteiger partial charge on any atom is 0.143 e. The fraction of sp³-hybridized carbons (Fsp3) is 0.154. The van der Waals surface area contributed by atoms with Crippen LogP contribution >= 0.6 is 0 Å². The normalized spacial score (nSPS) is 11.8. The molecule has 0 bridgehead atoms. The highest BCUT2D eigenvalue weighted by molar-refractivity contribution is 5.58. The van der Waals surface area contributed by atoms with Crippen molar-refractivity contribution in [2.45, 2.75) is 13.0 Å². The summed E-state index contributed by atoms with van der Waals surface area (Å²) in [5.41, 5.74) is 0.488. The van der Waals surface area contributed by atoms with Crippen LogP contribution in [0.5, 0.6) is 0 Å². The minimum atomic E-state index is -0.524. The predicted octanol–water partition coefficient (Wildman–Crippen LogP) is 3.46. The van der Waals surface area contributed by atoms with Crippen LogP contribution in [0.4, 0.5) is 10.1 Å². The fourth-order valence-corrected chi connectivity index (χ4v) is 1.60. The van der Waals surface area contributed by atoms with Gasteiger partial charge in [0.15, 0.2) is 0 Å². The van der Waals surface area contributed by atoms with E-state index in [1.165, 1.54) is 6.07 Å². The van der Waals surface area contributed by atoms with E-state index >= 15 is 0 Å². The van der Waals surface area contributed by atoms with Crippen LogP contribution in [0, 0.1) is 17.1 Å². The van der Waals surface area contributed by atoms with Crippen LogP contribution in [0.3, 0.4) is 0 Å². The zero-order chi connectivity index (χ0) is 12.3. The summed E-state index contributed by atoms with van der Waals surface area (Å²) in [6.45, 7) is 1.88. The highest BCUT2D eigenvalue weighted by atomic mass is 19.1. The van der Waals surface area contributed by atoms with E-state index in [-0.39, 0.29) is 11.6 Å². The first kappa shape index (κ1) is 11.2. The maximum absolute atomic E-state index is 13.4. The van der Waals surface area contributed by atoms with Crippen molar-refractivity contribution in [2.75, 3.05) is 5.32 Å². The summed E-state index contributed by atoms with van der Waals surface area (Å²) >= 11 is 0. The number of nitriles is 1. The molecular formula is C13H11FN2O. The third-order valence-electron chi connectivity index (χ3n) is 2.47.